The Balaban J connectivity index is 1.37. The molecule has 1 aromatic rings. The quantitative estimate of drug-likeness (QED) is 0.726. The number of rotatable bonds is 6. The van der Waals surface area contributed by atoms with Crippen molar-refractivity contribution < 1.29 is 9.53 Å². The second-order valence-electron chi connectivity index (χ2n) is 6.65. The topological polar surface area (TPSA) is 96.3 Å². The van der Waals surface area contributed by atoms with Gasteiger partial charge < -0.3 is 15.8 Å². The summed E-state index contributed by atoms with van der Waals surface area (Å²) in [6, 6.07) is 1.54. The van der Waals surface area contributed by atoms with Crippen LogP contribution in [0.15, 0.2) is 6.07 Å². The fourth-order valence-electron chi connectivity index (χ4n) is 3.57. The number of hydrogen-bond acceptors (Lipinski definition) is 5. The van der Waals surface area contributed by atoms with E-state index in [1.54, 1.807) is 0 Å². The van der Waals surface area contributed by atoms with Gasteiger partial charge in [0.2, 0.25) is 0 Å². The molecule has 2 aliphatic rings. The summed E-state index contributed by atoms with van der Waals surface area (Å²) in [6.07, 6.45) is 6.58. The summed E-state index contributed by atoms with van der Waals surface area (Å²) in [5.41, 5.74) is 5.89. The second kappa shape index (κ2) is 7.79. The number of anilines is 1. The standard InChI is InChI=1S/C16H27N5O2/c17-15-9-14(19-20-15)16(22)18-6-5-13-11-21(7-8-23-13)10-12-3-1-2-4-12/h9,12-13H,1-8,10-11H2,(H,18,22)(H3,17,19,20). The first kappa shape index (κ1) is 16.3. The third kappa shape index (κ3) is 4.68. The van der Waals surface area contributed by atoms with Crippen molar-refractivity contribution in [3.63, 3.8) is 0 Å². The Labute approximate surface area is 136 Å². The fraction of sp³-hybridized carbons (Fsp3) is 0.750. The highest BCUT2D eigenvalue weighted by molar-refractivity contribution is 5.92. The number of nitrogens with two attached hydrogens (primary N) is 1. The molecular weight excluding hydrogens is 294 g/mol. The van der Waals surface area contributed by atoms with Crippen LogP contribution in [0, 0.1) is 5.92 Å². The summed E-state index contributed by atoms with van der Waals surface area (Å²) in [6.45, 7) is 4.61. The summed E-state index contributed by atoms with van der Waals surface area (Å²) in [5, 5.41) is 9.25. The molecule has 7 nitrogen and oxygen atoms in total. The Morgan fingerprint density at radius 3 is 3.04 bits per heavy atom. The third-order valence-corrected chi connectivity index (χ3v) is 4.81. The van der Waals surface area contributed by atoms with Crippen LogP contribution in [0.4, 0.5) is 5.82 Å². The zero-order valence-corrected chi connectivity index (χ0v) is 13.6. The number of nitrogen functional groups attached to an aromatic ring is 1. The van der Waals surface area contributed by atoms with Gasteiger partial charge in [0, 0.05) is 32.2 Å². The highest BCUT2D eigenvalue weighted by atomic mass is 16.5. The zero-order chi connectivity index (χ0) is 16.1. The van der Waals surface area contributed by atoms with Gasteiger partial charge in [0.25, 0.3) is 5.91 Å². The lowest BCUT2D eigenvalue weighted by Gasteiger charge is -2.34. The van der Waals surface area contributed by atoms with Crippen molar-refractivity contribution in [2.24, 2.45) is 5.92 Å². The van der Waals surface area contributed by atoms with Gasteiger partial charge in [-0.1, -0.05) is 12.8 Å². The van der Waals surface area contributed by atoms with Gasteiger partial charge in [-0.2, -0.15) is 5.10 Å². The molecule has 0 aromatic carbocycles. The van der Waals surface area contributed by atoms with E-state index in [1.807, 2.05) is 0 Å². The molecule has 23 heavy (non-hydrogen) atoms. The van der Waals surface area contributed by atoms with E-state index in [-0.39, 0.29) is 12.0 Å². The Kier molecular flexibility index (Phi) is 5.51. The van der Waals surface area contributed by atoms with Gasteiger partial charge in [-0.05, 0) is 25.2 Å². The smallest absolute Gasteiger partial charge is 0.269 e. The first-order valence-electron chi connectivity index (χ1n) is 8.64. The summed E-state index contributed by atoms with van der Waals surface area (Å²) in [4.78, 5) is 14.4. The van der Waals surface area contributed by atoms with Crippen LogP contribution < -0.4 is 11.1 Å². The molecule has 1 amide bonds. The number of amides is 1. The molecular formula is C16H27N5O2. The molecule has 0 bridgehead atoms. The Hall–Kier alpha value is -1.60. The highest BCUT2D eigenvalue weighted by Crippen LogP contribution is 2.26. The monoisotopic (exact) mass is 321 g/mol. The van der Waals surface area contributed by atoms with E-state index in [9.17, 15) is 4.79 Å². The summed E-state index contributed by atoms with van der Waals surface area (Å²) >= 11 is 0. The average molecular weight is 321 g/mol. The molecule has 2 heterocycles. The van der Waals surface area contributed by atoms with Crippen LogP contribution in [-0.2, 0) is 4.74 Å². The zero-order valence-electron chi connectivity index (χ0n) is 13.6. The maximum atomic E-state index is 11.9. The number of hydrogen-bond donors (Lipinski definition) is 3. The summed E-state index contributed by atoms with van der Waals surface area (Å²) < 4.78 is 5.83. The minimum atomic E-state index is -0.173. The van der Waals surface area contributed by atoms with Crippen LogP contribution in [0.5, 0.6) is 0 Å². The highest BCUT2D eigenvalue weighted by Gasteiger charge is 2.24. The lowest BCUT2D eigenvalue weighted by molar-refractivity contribution is -0.0355. The third-order valence-electron chi connectivity index (χ3n) is 4.81. The second-order valence-corrected chi connectivity index (χ2v) is 6.65. The molecule has 4 N–H and O–H groups in total. The van der Waals surface area contributed by atoms with Crippen LogP contribution >= 0.6 is 0 Å². The van der Waals surface area contributed by atoms with Crippen molar-refractivity contribution >= 4 is 11.7 Å². The molecule has 1 saturated carbocycles. The Bertz CT molecular complexity index is 512. The van der Waals surface area contributed by atoms with Crippen molar-refractivity contribution in [1.29, 1.82) is 0 Å². The first-order chi connectivity index (χ1) is 11.2. The number of carbonyl (C=O) groups is 1. The van der Waals surface area contributed by atoms with E-state index in [4.69, 9.17) is 10.5 Å². The number of aromatic nitrogens is 2. The molecule has 1 unspecified atom stereocenters. The van der Waals surface area contributed by atoms with Gasteiger partial charge in [-0.25, -0.2) is 0 Å². The molecule has 3 rings (SSSR count). The van der Waals surface area contributed by atoms with Crippen LogP contribution in [0.3, 0.4) is 0 Å². The lowest BCUT2D eigenvalue weighted by Crippen LogP contribution is -2.45. The predicted molar refractivity (Wildman–Crippen MR) is 88.1 cm³/mol. The number of morpholine rings is 1. The van der Waals surface area contributed by atoms with E-state index >= 15 is 0 Å². The van der Waals surface area contributed by atoms with Gasteiger partial charge in [0.1, 0.15) is 11.5 Å². The normalized spacial score (nSPS) is 23.2. The molecule has 1 atom stereocenters. The number of ether oxygens (including phenoxy) is 1. The minimum absolute atomic E-state index is 0.173. The lowest BCUT2D eigenvalue weighted by atomic mass is 10.1. The maximum Gasteiger partial charge on any atom is 0.269 e. The molecule has 0 spiro atoms. The van der Waals surface area contributed by atoms with Crippen LogP contribution in [0.25, 0.3) is 0 Å². The van der Waals surface area contributed by atoms with Crippen molar-refractivity contribution in [3.05, 3.63) is 11.8 Å². The van der Waals surface area contributed by atoms with E-state index in [1.165, 1.54) is 38.3 Å². The number of carbonyl (C=O) groups excluding carboxylic acids is 1. The predicted octanol–water partition coefficient (Wildman–Crippen LogP) is 1.00. The molecule has 1 aliphatic carbocycles. The van der Waals surface area contributed by atoms with E-state index in [2.05, 4.69) is 20.4 Å². The molecule has 2 fully saturated rings. The van der Waals surface area contributed by atoms with E-state index in [0.717, 1.165) is 32.0 Å². The molecule has 1 aromatic heterocycles. The Morgan fingerprint density at radius 2 is 2.30 bits per heavy atom. The van der Waals surface area contributed by atoms with Crippen molar-refractivity contribution in [3.8, 4) is 0 Å². The van der Waals surface area contributed by atoms with Gasteiger partial charge in [-0.15, -0.1) is 0 Å². The van der Waals surface area contributed by atoms with Crippen molar-refractivity contribution in [1.82, 2.24) is 20.4 Å². The van der Waals surface area contributed by atoms with Gasteiger partial charge in [-0.3, -0.25) is 14.8 Å². The fourth-order valence-corrected chi connectivity index (χ4v) is 3.57. The van der Waals surface area contributed by atoms with E-state index < -0.39 is 0 Å². The number of H-pyrrole nitrogens is 1. The largest absolute Gasteiger partial charge is 0.382 e. The summed E-state index contributed by atoms with van der Waals surface area (Å²) in [7, 11) is 0. The van der Waals surface area contributed by atoms with Gasteiger partial charge in [0.05, 0.1) is 12.7 Å². The molecule has 128 valence electrons. The van der Waals surface area contributed by atoms with E-state index in [0.29, 0.717) is 18.1 Å². The average Bonchev–Trinajstić information content (AvgIpc) is 3.19. The van der Waals surface area contributed by atoms with Crippen LogP contribution in [0.2, 0.25) is 0 Å². The molecule has 1 saturated heterocycles. The SMILES string of the molecule is Nc1cc(C(=O)NCCC2CN(CC3CCCC3)CCO2)[nH]n1. The van der Waals surface area contributed by atoms with Crippen LogP contribution in [-0.4, -0.2) is 59.9 Å². The number of nitrogens with one attached hydrogen (secondary N) is 2. The van der Waals surface area contributed by atoms with Crippen molar-refractivity contribution in [2.45, 2.75) is 38.2 Å². The minimum Gasteiger partial charge on any atom is -0.382 e. The van der Waals surface area contributed by atoms with Gasteiger partial charge in [0.15, 0.2) is 0 Å². The molecule has 1 aliphatic heterocycles. The van der Waals surface area contributed by atoms with Crippen LogP contribution in [0.1, 0.15) is 42.6 Å². The molecule has 0 radical (unpaired) electrons. The number of nitrogens with zero attached hydrogens (tertiary/aromatic N) is 2. The Morgan fingerprint density at radius 1 is 1.48 bits per heavy atom. The van der Waals surface area contributed by atoms with Crippen molar-refractivity contribution in [2.75, 3.05) is 38.5 Å². The number of aromatic amines is 1. The molecule has 7 heteroatoms. The summed E-state index contributed by atoms with van der Waals surface area (Å²) in [5.74, 6) is 1.03. The first-order valence-corrected chi connectivity index (χ1v) is 8.64. The maximum absolute atomic E-state index is 11.9. The van der Waals surface area contributed by atoms with Gasteiger partial charge >= 0.3 is 0 Å².